The molecule has 1 aromatic carbocycles. The molecule has 1 aliphatic rings. The molecule has 116 valence electrons. The average Bonchev–Trinajstić information content (AvgIpc) is 2.35. The third kappa shape index (κ3) is 3.88. The Kier molecular flexibility index (Phi) is 4.42. The van der Waals surface area contributed by atoms with Crippen LogP contribution in [0.3, 0.4) is 0 Å². The monoisotopic (exact) mass is 292 g/mol. The first kappa shape index (κ1) is 15.6. The van der Waals surface area contributed by atoms with Gasteiger partial charge in [-0.2, -0.15) is 0 Å². The van der Waals surface area contributed by atoms with Gasteiger partial charge in [0.25, 0.3) is 0 Å². The molecular weight excluding hydrogens is 268 g/mol. The van der Waals surface area contributed by atoms with Gasteiger partial charge in [0.2, 0.25) is 0 Å². The Labute approximate surface area is 126 Å². The third-order valence-electron chi connectivity index (χ3n) is 3.25. The summed E-state index contributed by atoms with van der Waals surface area (Å²) in [6.45, 7) is 9.03. The molecule has 1 heterocycles. The first-order valence-corrected chi connectivity index (χ1v) is 7.27. The van der Waals surface area contributed by atoms with Gasteiger partial charge in [-0.05, 0) is 45.4 Å². The minimum absolute atomic E-state index is 0.106. The van der Waals surface area contributed by atoms with E-state index in [2.05, 4.69) is 0 Å². The van der Waals surface area contributed by atoms with E-state index in [4.69, 9.17) is 15.2 Å². The van der Waals surface area contributed by atoms with Crippen LogP contribution in [0.2, 0.25) is 0 Å². The first-order valence-electron chi connectivity index (χ1n) is 7.27. The zero-order valence-corrected chi connectivity index (χ0v) is 13.2. The van der Waals surface area contributed by atoms with Crippen molar-refractivity contribution < 1.29 is 14.3 Å². The largest absolute Gasteiger partial charge is 0.484 e. The molecule has 0 fully saturated rings. The van der Waals surface area contributed by atoms with Crippen molar-refractivity contribution in [2.45, 2.75) is 45.9 Å². The molecule has 1 aliphatic heterocycles. The van der Waals surface area contributed by atoms with Crippen LogP contribution in [-0.4, -0.2) is 30.8 Å². The van der Waals surface area contributed by atoms with E-state index >= 15 is 0 Å². The highest BCUT2D eigenvalue weighted by Gasteiger charge is 2.33. The molecule has 5 heteroatoms. The summed E-state index contributed by atoms with van der Waals surface area (Å²) in [4.78, 5) is 13.9. The molecule has 1 aromatic rings. The van der Waals surface area contributed by atoms with E-state index < -0.39 is 0 Å². The summed E-state index contributed by atoms with van der Waals surface area (Å²) in [5, 5.41) is 0. The number of carbonyl (C=O) groups excluding carboxylic acids is 1. The molecule has 21 heavy (non-hydrogen) atoms. The Bertz CT molecular complexity index is 526. The number of fused-ring (bicyclic) bond motifs is 1. The van der Waals surface area contributed by atoms with Gasteiger partial charge in [0.05, 0.1) is 18.3 Å². The van der Waals surface area contributed by atoms with Crippen LogP contribution in [0.4, 0.5) is 5.69 Å². The van der Waals surface area contributed by atoms with E-state index in [0.717, 1.165) is 17.0 Å². The second-order valence-corrected chi connectivity index (χ2v) is 6.26. The number of esters is 1. The number of carbonyl (C=O) groups is 1. The summed E-state index contributed by atoms with van der Waals surface area (Å²) >= 11 is 0. The maximum atomic E-state index is 11.9. The fraction of sp³-hybridized carbons (Fsp3) is 0.562. The van der Waals surface area contributed by atoms with E-state index in [0.29, 0.717) is 13.1 Å². The number of benzene rings is 1. The predicted octanol–water partition coefficient (Wildman–Crippen LogP) is 2.07. The lowest BCUT2D eigenvalue weighted by molar-refractivity contribution is -0.145. The van der Waals surface area contributed by atoms with Gasteiger partial charge < -0.3 is 20.1 Å². The highest BCUT2D eigenvalue weighted by atomic mass is 16.5. The fourth-order valence-corrected chi connectivity index (χ4v) is 2.50. The standard InChI is InChI=1S/C16H24N2O3/c1-11(2)20-15(19)9-18-10-16(3,4)21-14-7-12(8-17)5-6-13(14)18/h5-7,11H,8-10,17H2,1-4H3. The van der Waals surface area contributed by atoms with Crippen molar-refractivity contribution >= 4 is 11.7 Å². The van der Waals surface area contributed by atoms with Gasteiger partial charge in [-0.1, -0.05) is 6.07 Å². The van der Waals surface area contributed by atoms with Crippen molar-refractivity contribution in [3.05, 3.63) is 23.8 Å². The molecule has 0 unspecified atom stereocenters. The molecule has 2 rings (SSSR count). The maximum Gasteiger partial charge on any atom is 0.325 e. The molecule has 0 aromatic heterocycles. The molecular formula is C16H24N2O3. The van der Waals surface area contributed by atoms with Gasteiger partial charge in [0.1, 0.15) is 17.9 Å². The van der Waals surface area contributed by atoms with E-state index in [9.17, 15) is 4.79 Å². The zero-order valence-electron chi connectivity index (χ0n) is 13.2. The van der Waals surface area contributed by atoms with Crippen molar-refractivity contribution in [3.63, 3.8) is 0 Å². The first-order chi connectivity index (χ1) is 9.80. The van der Waals surface area contributed by atoms with E-state index in [-0.39, 0.29) is 24.2 Å². The van der Waals surface area contributed by atoms with Crippen molar-refractivity contribution in [2.75, 3.05) is 18.0 Å². The summed E-state index contributed by atoms with van der Waals surface area (Å²) in [6.07, 6.45) is -0.106. The van der Waals surface area contributed by atoms with Crippen LogP contribution < -0.4 is 15.4 Å². The zero-order chi connectivity index (χ0) is 15.6. The minimum Gasteiger partial charge on any atom is -0.484 e. The lowest BCUT2D eigenvalue weighted by Crippen LogP contribution is -2.49. The molecule has 0 spiro atoms. The third-order valence-corrected chi connectivity index (χ3v) is 3.25. The van der Waals surface area contributed by atoms with Crippen LogP contribution in [0.15, 0.2) is 18.2 Å². The lowest BCUT2D eigenvalue weighted by atomic mass is 10.0. The smallest absolute Gasteiger partial charge is 0.325 e. The Morgan fingerprint density at radius 2 is 2.19 bits per heavy atom. The van der Waals surface area contributed by atoms with E-state index in [1.807, 2.05) is 50.8 Å². The lowest BCUT2D eigenvalue weighted by Gasteiger charge is -2.40. The molecule has 0 amide bonds. The molecule has 0 atom stereocenters. The van der Waals surface area contributed by atoms with Gasteiger partial charge in [-0.15, -0.1) is 0 Å². The second-order valence-electron chi connectivity index (χ2n) is 6.26. The number of nitrogens with zero attached hydrogens (tertiary/aromatic N) is 1. The molecule has 0 bridgehead atoms. The Balaban J connectivity index is 2.24. The van der Waals surface area contributed by atoms with Gasteiger partial charge >= 0.3 is 5.97 Å². The predicted molar refractivity (Wildman–Crippen MR) is 82.5 cm³/mol. The van der Waals surface area contributed by atoms with E-state index in [1.54, 1.807) is 0 Å². The summed E-state index contributed by atoms with van der Waals surface area (Å²) in [5.74, 6) is 0.545. The van der Waals surface area contributed by atoms with Crippen molar-refractivity contribution in [1.82, 2.24) is 0 Å². The fourth-order valence-electron chi connectivity index (χ4n) is 2.50. The maximum absolute atomic E-state index is 11.9. The van der Waals surface area contributed by atoms with Crippen LogP contribution in [0, 0.1) is 0 Å². The second kappa shape index (κ2) is 5.93. The number of anilines is 1. The van der Waals surface area contributed by atoms with Gasteiger partial charge in [0, 0.05) is 6.54 Å². The Hall–Kier alpha value is -1.75. The topological polar surface area (TPSA) is 64.8 Å². The van der Waals surface area contributed by atoms with Crippen LogP contribution in [-0.2, 0) is 16.1 Å². The number of ether oxygens (including phenoxy) is 2. The van der Waals surface area contributed by atoms with Gasteiger partial charge in [0.15, 0.2) is 0 Å². The normalized spacial score (nSPS) is 16.4. The molecule has 0 saturated carbocycles. The van der Waals surface area contributed by atoms with Gasteiger partial charge in [-0.3, -0.25) is 4.79 Å². The number of hydrogen-bond acceptors (Lipinski definition) is 5. The highest BCUT2D eigenvalue weighted by Crippen LogP contribution is 2.37. The number of rotatable bonds is 4. The molecule has 5 nitrogen and oxygen atoms in total. The average molecular weight is 292 g/mol. The Morgan fingerprint density at radius 1 is 1.48 bits per heavy atom. The van der Waals surface area contributed by atoms with Crippen molar-refractivity contribution in [1.29, 1.82) is 0 Å². The Morgan fingerprint density at radius 3 is 2.81 bits per heavy atom. The summed E-state index contributed by atoms with van der Waals surface area (Å²) in [7, 11) is 0. The molecule has 0 radical (unpaired) electrons. The van der Waals surface area contributed by atoms with Crippen molar-refractivity contribution in [2.24, 2.45) is 5.73 Å². The van der Waals surface area contributed by atoms with E-state index in [1.165, 1.54) is 0 Å². The quantitative estimate of drug-likeness (QED) is 0.861. The van der Waals surface area contributed by atoms with Crippen LogP contribution in [0.25, 0.3) is 0 Å². The van der Waals surface area contributed by atoms with Gasteiger partial charge in [-0.25, -0.2) is 0 Å². The summed E-state index contributed by atoms with van der Waals surface area (Å²) in [6, 6.07) is 5.85. The van der Waals surface area contributed by atoms with Crippen LogP contribution in [0.5, 0.6) is 5.75 Å². The summed E-state index contributed by atoms with van der Waals surface area (Å²) < 4.78 is 11.2. The van der Waals surface area contributed by atoms with Crippen molar-refractivity contribution in [3.8, 4) is 5.75 Å². The molecule has 0 saturated heterocycles. The highest BCUT2D eigenvalue weighted by molar-refractivity contribution is 5.77. The molecule has 2 N–H and O–H groups in total. The van der Waals surface area contributed by atoms with Crippen LogP contribution >= 0.6 is 0 Å². The summed E-state index contributed by atoms with van der Waals surface area (Å²) in [5.41, 5.74) is 7.23. The SMILES string of the molecule is CC(C)OC(=O)CN1CC(C)(C)Oc2cc(CN)ccc21. The molecule has 0 aliphatic carbocycles. The van der Waals surface area contributed by atoms with Crippen LogP contribution in [0.1, 0.15) is 33.3 Å². The minimum atomic E-state index is -0.363. The number of nitrogens with two attached hydrogens (primary N) is 1. The number of hydrogen-bond donors (Lipinski definition) is 1.